The first-order valence-corrected chi connectivity index (χ1v) is 11.1. The van der Waals surface area contributed by atoms with Crippen LogP contribution in [0.5, 0.6) is 0 Å². The Hall–Kier alpha value is -3.90. The Balaban J connectivity index is 1.45. The summed E-state index contributed by atoms with van der Waals surface area (Å²) in [6.07, 6.45) is 8.15. The van der Waals surface area contributed by atoms with Crippen LogP contribution in [0.1, 0.15) is 36.8 Å². The average Bonchev–Trinajstić information content (AvgIpc) is 3.57. The van der Waals surface area contributed by atoms with Gasteiger partial charge in [0.2, 0.25) is 0 Å². The van der Waals surface area contributed by atoms with E-state index < -0.39 is 0 Å². The third-order valence-electron chi connectivity index (χ3n) is 5.85. The van der Waals surface area contributed by atoms with Crippen LogP contribution in [0.3, 0.4) is 0 Å². The Morgan fingerprint density at radius 3 is 1.28 bits per heavy atom. The molecule has 2 aliphatic rings. The number of nitriles is 2. The molecule has 4 rings (SSSR count). The molecule has 2 saturated heterocycles. The highest BCUT2D eigenvalue weighted by Crippen LogP contribution is 2.21. The molecule has 0 bridgehead atoms. The van der Waals surface area contributed by atoms with Crippen molar-refractivity contribution < 1.29 is 0 Å². The maximum Gasteiger partial charge on any atom is 0.176 e. The van der Waals surface area contributed by atoms with E-state index in [1.165, 1.54) is 37.1 Å². The van der Waals surface area contributed by atoms with Crippen LogP contribution in [0.25, 0.3) is 0 Å². The van der Waals surface area contributed by atoms with Crippen LogP contribution in [0.2, 0.25) is 0 Å². The summed E-state index contributed by atoms with van der Waals surface area (Å²) in [6, 6.07) is 20.2. The summed E-state index contributed by atoms with van der Waals surface area (Å²) >= 11 is 0. The second kappa shape index (κ2) is 10.4. The fourth-order valence-electron chi connectivity index (χ4n) is 4.06. The lowest BCUT2D eigenvalue weighted by Gasteiger charge is -2.17. The molecule has 0 spiro atoms. The Bertz CT molecular complexity index is 995. The maximum absolute atomic E-state index is 9.49. The maximum atomic E-state index is 9.49. The quantitative estimate of drug-likeness (QED) is 0.500. The van der Waals surface area contributed by atoms with E-state index in [2.05, 4.69) is 44.1 Å². The first-order chi connectivity index (χ1) is 15.8. The molecule has 32 heavy (non-hydrogen) atoms. The molecule has 2 fully saturated rings. The van der Waals surface area contributed by atoms with Gasteiger partial charge in [0, 0.05) is 50.0 Å². The summed E-state index contributed by atoms with van der Waals surface area (Å²) in [7, 11) is 0. The Morgan fingerprint density at radius 1 is 0.625 bits per heavy atom. The largest absolute Gasteiger partial charge is 0.372 e. The van der Waals surface area contributed by atoms with Gasteiger partial charge in [-0.25, -0.2) is 9.98 Å². The Kier molecular flexibility index (Phi) is 6.94. The third-order valence-corrected chi connectivity index (χ3v) is 5.85. The van der Waals surface area contributed by atoms with E-state index in [-0.39, 0.29) is 11.4 Å². The van der Waals surface area contributed by atoms with E-state index in [9.17, 15) is 10.5 Å². The zero-order valence-corrected chi connectivity index (χ0v) is 18.1. The standard InChI is InChI=1S/C26H26N6/c27-17-25(29-19-21-5-9-23(10-6-21)31-13-1-2-14-31)26(18-28)30-20-22-7-11-24(12-8-22)32-15-3-4-16-32/h5-12,19-20H,1-4,13-16H2/b26-25+,29-19?,30-20?. The number of allylic oxidation sites excluding steroid dienone is 2. The highest BCUT2D eigenvalue weighted by atomic mass is 15.1. The first-order valence-electron chi connectivity index (χ1n) is 11.1. The van der Waals surface area contributed by atoms with Crippen molar-refractivity contribution in [3.05, 3.63) is 71.1 Å². The molecule has 0 unspecified atom stereocenters. The van der Waals surface area contributed by atoms with Crippen molar-refractivity contribution in [1.82, 2.24) is 0 Å². The van der Waals surface area contributed by atoms with Crippen molar-refractivity contribution in [2.75, 3.05) is 36.0 Å². The van der Waals surface area contributed by atoms with E-state index >= 15 is 0 Å². The van der Waals surface area contributed by atoms with Gasteiger partial charge in [-0.15, -0.1) is 0 Å². The summed E-state index contributed by atoms with van der Waals surface area (Å²) in [6.45, 7) is 4.39. The topological polar surface area (TPSA) is 78.8 Å². The molecule has 0 N–H and O–H groups in total. The molecule has 6 heteroatoms. The predicted octanol–water partition coefficient (Wildman–Crippen LogP) is 4.68. The molecule has 6 nitrogen and oxygen atoms in total. The molecule has 2 aromatic rings. The number of benzene rings is 2. The lowest BCUT2D eigenvalue weighted by atomic mass is 10.2. The second-order valence-corrected chi connectivity index (χ2v) is 8.01. The minimum atomic E-state index is 0.000978. The highest BCUT2D eigenvalue weighted by molar-refractivity contribution is 5.83. The van der Waals surface area contributed by atoms with Crippen molar-refractivity contribution in [3.8, 4) is 12.1 Å². The number of rotatable bonds is 6. The van der Waals surface area contributed by atoms with Gasteiger partial charge >= 0.3 is 0 Å². The fraction of sp³-hybridized carbons (Fsp3) is 0.308. The van der Waals surface area contributed by atoms with Crippen LogP contribution in [0.15, 0.2) is 69.9 Å². The van der Waals surface area contributed by atoms with E-state index in [4.69, 9.17) is 0 Å². The monoisotopic (exact) mass is 422 g/mol. The molecular formula is C26H26N6. The molecule has 0 aliphatic carbocycles. The lowest BCUT2D eigenvalue weighted by Crippen LogP contribution is -2.17. The minimum absolute atomic E-state index is 0.000978. The van der Waals surface area contributed by atoms with Gasteiger partial charge in [0.25, 0.3) is 0 Å². The molecule has 0 amide bonds. The number of nitrogens with zero attached hydrogens (tertiary/aromatic N) is 6. The van der Waals surface area contributed by atoms with E-state index in [0.717, 1.165) is 37.3 Å². The molecule has 0 atom stereocenters. The van der Waals surface area contributed by atoms with Crippen LogP contribution < -0.4 is 9.80 Å². The smallest absolute Gasteiger partial charge is 0.176 e. The van der Waals surface area contributed by atoms with Crippen LogP contribution in [0.4, 0.5) is 11.4 Å². The summed E-state index contributed by atoms with van der Waals surface area (Å²) in [5.41, 5.74) is 4.16. The average molecular weight is 423 g/mol. The van der Waals surface area contributed by atoms with Crippen molar-refractivity contribution in [3.63, 3.8) is 0 Å². The van der Waals surface area contributed by atoms with E-state index in [1.54, 1.807) is 12.4 Å². The van der Waals surface area contributed by atoms with E-state index in [0.29, 0.717) is 0 Å². The normalized spacial score (nSPS) is 17.1. The van der Waals surface area contributed by atoms with Gasteiger partial charge < -0.3 is 9.80 Å². The molecule has 0 aromatic heterocycles. The summed E-state index contributed by atoms with van der Waals surface area (Å²) < 4.78 is 0. The number of hydrogen-bond acceptors (Lipinski definition) is 6. The van der Waals surface area contributed by atoms with Gasteiger partial charge in [0.1, 0.15) is 12.1 Å². The lowest BCUT2D eigenvalue weighted by molar-refractivity contribution is 0.949. The summed E-state index contributed by atoms with van der Waals surface area (Å²) in [4.78, 5) is 13.2. The highest BCUT2D eigenvalue weighted by Gasteiger charge is 2.12. The predicted molar refractivity (Wildman–Crippen MR) is 129 cm³/mol. The molecule has 2 heterocycles. The number of aliphatic imine (C=N–C) groups is 2. The van der Waals surface area contributed by atoms with Gasteiger partial charge in [0.05, 0.1) is 0 Å². The molecule has 160 valence electrons. The zero-order valence-electron chi connectivity index (χ0n) is 18.1. The third kappa shape index (κ3) is 5.22. The molecule has 2 aromatic carbocycles. The van der Waals surface area contributed by atoms with Crippen LogP contribution in [-0.2, 0) is 0 Å². The van der Waals surface area contributed by atoms with Gasteiger partial charge in [-0.1, -0.05) is 24.3 Å². The van der Waals surface area contributed by atoms with Crippen molar-refractivity contribution >= 4 is 23.8 Å². The van der Waals surface area contributed by atoms with Gasteiger partial charge in [-0.3, -0.25) is 0 Å². The van der Waals surface area contributed by atoms with Gasteiger partial charge in [-0.05, 0) is 61.1 Å². The van der Waals surface area contributed by atoms with Crippen LogP contribution in [-0.4, -0.2) is 38.6 Å². The van der Waals surface area contributed by atoms with Gasteiger partial charge in [-0.2, -0.15) is 10.5 Å². The van der Waals surface area contributed by atoms with Crippen LogP contribution in [0, 0.1) is 22.7 Å². The Labute approximate surface area is 189 Å². The second-order valence-electron chi connectivity index (χ2n) is 8.01. The summed E-state index contributed by atoms with van der Waals surface area (Å²) in [5, 5.41) is 19.0. The number of hydrogen-bond donors (Lipinski definition) is 0. The fourth-order valence-corrected chi connectivity index (χ4v) is 4.06. The molecule has 2 aliphatic heterocycles. The van der Waals surface area contributed by atoms with E-state index in [1.807, 2.05) is 36.4 Å². The van der Waals surface area contributed by atoms with Crippen molar-refractivity contribution in [1.29, 1.82) is 10.5 Å². The molecular weight excluding hydrogens is 396 g/mol. The van der Waals surface area contributed by atoms with Crippen molar-refractivity contribution in [2.24, 2.45) is 9.98 Å². The summed E-state index contributed by atoms with van der Waals surface area (Å²) in [5.74, 6) is 0. The first kappa shape index (κ1) is 21.3. The van der Waals surface area contributed by atoms with Crippen molar-refractivity contribution in [2.45, 2.75) is 25.7 Å². The Morgan fingerprint density at radius 2 is 0.969 bits per heavy atom. The number of anilines is 2. The zero-order chi connectivity index (χ0) is 22.2. The van der Waals surface area contributed by atoms with Crippen LogP contribution >= 0.6 is 0 Å². The molecule has 0 saturated carbocycles. The van der Waals surface area contributed by atoms with Gasteiger partial charge in [0.15, 0.2) is 11.4 Å². The minimum Gasteiger partial charge on any atom is -0.372 e. The SMILES string of the molecule is N#C/C(N=Cc1ccc(N2CCCC2)cc1)=C(/C#N)N=Cc1ccc(N2CCCC2)cc1. The molecule has 0 radical (unpaired) electrons.